The zero-order valence-corrected chi connectivity index (χ0v) is 12.4. The van der Waals surface area contributed by atoms with Gasteiger partial charge >= 0.3 is 0 Å². The number of ether oxygens (including phenoxy) is 1. The summed E-state index contributed by atoms with van der Waals surface area (Å²) in [6.07, 6.45) is 11.9. The van der Waals surface area contributed by atoms with Crippen LogP contribution in [0.5, 0.6) is 0 Å². The molecule has 0 saturated heterocycles. The van der Waals surface area contributed by atoms with Crippen molar-refractivity contribution in [3.63, 3.8) is 0 Å². The Balaban J connectivity index is 2.71. The van der Waals surface area contributed by atoms with Gasteiger partial charge in [-0.1, -0.05) is 38.8 Å². The van der Waals surface area contributed by atoms with Gasteiger partial charge in [-0.3, -0.25) is 0 Å². The molecule has 0 amide bonds. The highest BCUT2D eigenvalue weighted by Crippen LogP contribution is 2.20. The van der Waals surface area contributed by atoms with E-state index in [1.54, 1.807) is 7.11 Å². The van der Waals surface area contributed by atoms with Crippen molar-refractivity contribution in [3.8, 4) is 0 Å². The molecule has 19 heavy (non-hydrogen) atoms. The lowest BCUT2D eigenvalue weighted by Crippen LogP contribution is -2.24. The fraction of sp³-hybridized carbons (Fsp3) is 0.625. The summed E-state index contributed by atoms with van der Waals surface area (Å²) in [7, 11) is 1.60. The number of nitrogens with zero attached hydrogens (tertiary/aromatic N) is 1. The average molecular weight is 265 g/mol. The molecule has 108 valence electrons. The Bertz CT molecular complexity index is 337. The van der Waals surface area contributed by atoms with Crippen molar-refractivity contribution in [2.45, 2.75) is 45.6 Å². The van der Waals surface area contributed by atoms with E-state index in [0.29, 0.717) is 5.76 Å². The first-order valence-electron chi connectivity index (χ1n) is 7.29. The van der Waals surface area contributed by atoms with E-state index < -0.39 is 6.10 Å². The Morgan fingerprint density at radius 2 is 1.89 bits per heavy atom. The fourth-order valence-corrected chi connectivity index (χ4v) is 2.07. The van der Waals surface area contributed by atoms with Crippen LogP contribution in [-0.4, -0.2) is 36.3 Å². The van der Waals surface area contributed by atoms with E-state index in [0.717, 1.165) is 18.7 Å². The Morgan fingerprint density at radius 1 is 1.26 bits per heavy atom. The highest BCUT2D eigenvalue weighted by molar-refractivity contribution is 5.37. The highest BCUT2D eigenvalue weighted by Gasteiger charge is 2.18. The molecule has 0 saturated carbocycles. The maximum Gasteiger partial charge on any atom is 0.137 e. The second kappa shape index (κ2) is 8.81. The molecule has 0 aromatic rings. The molecular formula is C16H27NO2. The zero-order chi connectivity index (χ0) is 14.1. The van der Waals surface area contributed by atoms with Gasteiger partial charge in [0.2, 0.25) is 0 Å². The molecule has 0 radical (unpaired) electrons. The van der Waals surface area contributed by atoms with Crippen LogP contribution in [0, 0.1) is 0 Å². The summed E-state index contributed by atoms with van der Waals surface area (Å²) in [5.41, 5.74) is 0.909. The van der Waals surface area contributed by atoms with Crippen molar-refractivity contribution in [1.82, 2.24) is 4.90 Å². The Hall–Kier alpha value is -1.22. The van der Waals surface area contributed by atoms with Gasteiger partial charge in [-0.05, 0) is 18.9 Å². The summed E-state index contributed by atoms with van der Waals surface area (Å²) in [6, 6.07) is 0. The van der Waals surface area contributed by atoms with E-state index >= 15 is 0 Å². The van der Waals surface area contributed by atoms with Gasteiger partial charge in [-0.15, -0.1) is 0 Å². The Labute approximate surface area is 117 Å². The van der Waals surface area contributed by atoms with Crippen molar-refractivity contribution in [2.24, 2.45) is 0 Å². The lowest BCUT2D eigenvalue weighted by atomic mass is 10.0. The minimum absolute atomic E-state index is 0.611. The van der Waals surface area contributed by atoms with Gasteiger partial charge in [0.25, 0.3) is 0 Å². The van der Waals surface area contributed by atoms with Crippen LogP contribution in [0.4, 0.5) is 0 Å². The quantitative estimate of drug-likeness (QED) is 0.731. The van der Waals surface area contributed by atoms with E-state index in [1.165, 1.54) is 25.7 Å². The highest BCUT2D eigenvalue weighted by atomic mass is 16.5. The number of hydrogen-bond acceptors (Lipinski definition) is 3. The van der Waals surface area contributed by atoms with Crippen molar-refractivity contribution in [1.29, 1.82) is 0 Å². The molecule has 3 heteroatoms. The minimum atomic E-state index is -0.638. The lowest BCUT2D eigenvalue weighted by Gasteiger charge is -2.24. The maximum absolute atomic E-state index is 10.2. The standard InChI is InChI=1S/C16H27NO2/c1-4-6-11-17(12-7-5-2)13-14-9-8-10-15(19-3)16(14)18/h8-10,13,16,18H,4-7,11-12H2,1-3H3. The first kappa shape index (κ1) is 15.8. The molecule has 1 rings (SSSR count). The number of aliphatic hydroxyl groups is 1. The summed E-state index contributed by atoms with van der Waals surface area (Å²) < 4.78 is 5.18. The lowest BCUT2D eigenvalue weighted by molar-refractivity contribution is 0.152. The second-order valence-electron chi connectivity index (χ2n) is 4.91. The summed E-state index contributed by atoms with van der Waals surface area (Å²) in [5, 5.41) is 10.2. The van der Waals surface area contributed by atoms with Gasteiger partial charge < -0.3 is 14.7 Å². The predicted molar refractivity (Wildman–Crippen MR) is 79.7 cm³/mol. The Kier molecular flexibility index (Phi) is 7.34. The molecule has 0 spiro atoms. The Morgan fingerprint density at radius 3 is 2.42 bits per heavy atom. The molecule has 1 atom stereocenters. The van der Waals surface area contributed by atoms with Gasteiger partial charge in [-0.2, -0.15) is 0 Å². The number of rotatable bonds is 8. The van der Waals surface area contributed by atoms with Crippen LogP contribution in [0.3, 0.4) is 0 Å². The van der Waals surface area contributed by atoms with E-state index in [2.05, 4.69) is 24.9 Å². The van der Waals surface area contributed by atoms with Crippen molar-refractivity contribution < 1.29 is 9.84 Å². The number of aliphatic hydroxyl groups excluding tert-OH is 1. The molecule has 1 aliphatic rings. The van der Waals surface area contributed by atoms with Crippen LogP contribution in [-0.2, 0) is 4.74 Å². The number of methoxy groups -OCH3 is 1. The molecule has 0 heterocycles. The summed E-state index contributed by atoms with van der Waals surface area (Å²) in [6.45, 7) is 6.50. The summed E-state index contributed by atoms with van der Waals surface area (Å²) in [5.74, 6) is 0.611. The smallest absolute Gasteiger partial charge is 0.137 e. The first-order valence-corrected chi connectivity index (χ1v) is 7.29. The van der Waals surface area contributed by atoms with Crippen LogP contribution in [0.15, 0.2) is 35.8 Å². The molecule has 0 aromatic carbocycles. The molecule has 1 aliphatic carbocycles. The average Bonchev–Trinajstić information content (AvgIpc) is 2.43. The topological polar surface area (TPSA) is 32.7 Å². The third-order valence-electron chi connectivity index (χ3n) is 3.30. The molecule has 1 unspecified atom stereocenters. The molecule has 0 aliphatic heterocycles. The van der Waals surface area contributed by atoms with Crippen molar-refractivity contribution >= 4 is 0 Å². The second-order valence-corrected chi connectivity index (χ2v) is 4.91. The van der Waals surface area contributed by atoms with Gasteiger partial charge in [-0.25, -0.2) is 0 Å². The van der Waals surface area contributed by atoms with E-state index in [9.17, 15) is 5.11 Å². The summed E-state index contributed by atoms with van der Waals surface area (Å²) in [4.78, 5) is 2.31. The van der Waals surface area contributed by atoms with Crippen LogP contribution in [0.25, 0.3) is 0 Å². The largest absolute Gasteiger partial charge is 0.498 e. The van der Waals surface area contributed by atoms with Crippen LogP contribution >= 0.6 is 0 Å². The third kappa shape index (κ3) is 5.11. The van der Waals surface area contributed by atoms with Crippen LogP contribution in [0.2, 0.25) is 0 Å². The van der Waals surface area contributed by atoms with E-state index in [-0.39, 0.29) is 0 Å². The monoisotopic (exact) mass is 265 g/mol. The van der Waals surface area contributed by atoms with E-state index in [1.807, 2.05) is 18.2 Å². The molecule has 0 bridgehead atoms. The maximum atomic E-state index is 10.2. The number of unbranched alkanes of at least 4 members (excludes halogenated alkanes) is 2. The van der Waals surface area contributed by atoms with Gasteiger partial charge in [0.05, 0.1) is 7.11 Å². The molecule has 0 aromatic heterocycles. The van der Waals surface area contributed by atoms with Gasteiger partial charge in [0, 0.05) is 24.9 Å². The molecule has 1 N–H and O–H groups in total. The predicted octanol–water partition coefficient (Wildman–Crippen LogP) is 3.23. The van der Waals surface area contributed by atoms with Crippen molar-refractivity contribution in [3.05, 3.63) is 35.8 Å². The zero-order valence-electron chi connectivity index (χ0n) is 12.4. The van der Waals surface area contributed by atoms with E-state index in [4.69, 9.17) is 4.74 Å². The summed E-state index contributed by atoms with van der Waals surface area (Å²) >= 11 is 0. The van der Waals surface area contributed by atoms with Crippen LogP contribution < -0.4 is 0 Å². The van der Waals surface area contributed by atoms with Gasteiger partial charge in [0.15, 0.2) is 0 Å². The number of hydrogen-bond donors (Lipinski definition) is 1. The number of allylic oxidation sites excluding steroid dienone is 2. The minimum Gasteiger partial charge on any atom is -0.498 e. The van der Waals surface area contributed by atoms with Crippen molar-refractivity contribution in [2.75, 3.05) is 20.2 Å². The molecule has 3 nitrogen and oxygen atoms in total. The molecule has 0 fully saturated rings. The fourth-order valence-electron chi connectivity index (χ4n) is 2.07. The third-order valence-corrected chi connectivity index (χ3v) is 3.30. The van der Waals surface area contributed by atoms with Gasteiger partial charge in [0.1, 0.15) is 11.9 Å². The normalized spacial score (nSPS) is 20.5. The van der Waals surface area contributed by atoms with Crippen LogP contribution in [0.1, 0.15) is 39.5 Å². The molecular weight excluding hydrogens is 238 g/mol. The SMILES string of the molecule is CCCCN(C=C1C=CC=C(OC)C1O)CCCC. The first-order chi connectivity index (χ1) is 9.22.